The molecule has 7 heteroatoms. The van der Waals surface area contributed by atoms with Gasteiger partial charge in [-0.2, -0.15) is 4.31 Å². The van der Waals surface area contributed by atoms with Crippen molar-refractivity contribution in [1.82, 2.24) is 4.31 Å². The van der Waals surface area contributed by atoms with Crippen LogP contribution in [-0.4, -0.2) is 25.7 Å². The van der Waals surface area contributed by atoms with Crippen LogP contribution in [0.1, 0.15) is 37.7 Å². The molecular formula is C18H22N2O4S. The lowest BCUT2D eigenvalue weighted by Crippen LogP contribution is -2.26. The summed E-state index contributed by atoms with van der Waals surface area (Å²) in [6, 6.07) is 9.88. The third kappa shape index (κ3) is 3.93. The van der Waals surface area contributed by atoms with Gasteiger partial charge in [-0.1, -0.05) is 6.92 Å². The Balaban J connectivity index is 1.70. The van der Waals surface area contributed by atoms with E-state index in [2.05, 4.69) is 12.2 Å². The molecule has 1 aliphatic rings. The third-order valence-electron chi connectivity index (χ3n) is 4.42. The standard InChI is InChI=1S/C18H22N2O4S/c1-12-10-17(12)18-9-6-15(24-18)11-20(3)25(22,23)16-7-4-14(5-8-16)19-13(2)21/h4-9,12,17H,10-11H2,1-3H3,(H,19,21)/t12-,17+/m0/s1. The van der Waals surface area contributed by atoms with Crippen molar-refractivity contribution in [1.29, 1.82) is 0 Å². The van der Waals surface area contributed by atoms with Crippen LogP contribution in [-0.2, 0) is 21.4 Å². The summed E-state index contributed by atoms with van der Waals surface area (Å²) in [6.45, 7) is 3.75. The van der Waals surface area contributed by atoms with Crippen molar-refractivity contribution in [2.75, 3.05) is 12.4 Å². The topological polar surface area (TPSA) is 79.6 Å². The van der Waals surface area contributed by atoms with Crippen molar-refractivity contribution in [3.8, 4) is 0 Å². The number of nitrogens with zero attached hydrogens (tertiary/aromatic N) is 1. The molecule has 0 bridgehead atoms. The Morgan fingerprint density at radius 3 is 2.44 bits per heavy atom. The Bertz CT molecular complexity index is 871. The second-order valence-electron chi connectivity index (χ2n) is 6.59. The number of hydrogen-bond acceptors (Lipinski definition) is 4. The van der Waals surface area contributed by atoms with Gasteiger partial charge in [0.15, 0.2) is 0 Å². The van der Waals surface area contributed by atoms with E-state index < -0.39 is 10.0 Å². The number of hydrogen-bond donors (Lipinski definition) is 1. The maximum atomic E-state index is 12.7. The van der Waals surface area contributed by atoms with Crippen LogP contribution in [0.3, 0.4) is 0 Å². The first-order valence-electron chi connectivity index (χ1n) is 8.20. The van der Waals surface area contributed by atoms with Gasteiger partial charge in [-0.15, -0.1) is 0 Å². The Hall–Kier alpha value is -2.12. The van der Waals surface area contributed by atoms with Gasteiger partial charge in [0.1, 0.15) is 11.5 Å². The summed E-state index contributed by atoms with van der Waals surface area (Å²) in [7, 11) is -2.10. The first-order chi connectivity index (χ1) is 11.8. The first kappa shape index (κ1) is 17.7. The van der Waals surface area contributed by atoms with Gasteiger partial charge in [0.05, 0.1) is 11.4 Å². The van der Waals surface area contributed by atoms with E-state index in [1.165, 1.54) is 30.4 Å². The molecule has 1 heterocycles. The van der Waals surface area contributed by atoms with Gasteiger partial charge in [-0.05, 0) is 48.7 Å². The summed E-state index contributed by atoms with van der Waals surface area (Å²) in [5.74, 6) is 2.48. The largest absolute Gasteiger partial charge is 0.464 e. The Morgan fingerprint density at radius 1 is 1.24 bits per heavy atom. The highest BCUT2D eigenvalue weighted by Crippen LogP contribution is 2.47. The van der Waals surface area contributed by atoms with Crippen LogP contribution in [0.5, 0.6) is 0 Å². The maximum Gasteiger partial charge on any atom is 0.243 e. The molecule has 1 aromatic heterocycles. The molecule has 6 nitrogen and oxygen atoms in total. The Morgan fingerprint density at radius 2 is 1.88 bits per heavy atom. The number of amides is 1. The molecule has 3 rings (SSSR count). The van der Waals surface area contributed by atoms with E-state index in [-0.39, 0.29) is 17.3 Å². The molecule has 1 amide bonds. The average molecular weight is 362 g/mol. The quantitative estimate of drug-likeness (QED) is 0.856. The highest BCUT2D eigenvalue weighted by atomic mass is 32.2. The van der Waals surface area contributed by atoms with Crippen LogP contribution in [0, 0.1) is 5.92 Å². The molecule has 134 valence electrons. The fraction of sp³-hybridized carbons (Fsp3) is 0.389. The van der Waals surface area contributed by atoms with E-state index >= 15 is 0 Å². The molecule has 1 fully saturated rings. The fourth-order valence-corrected chi connectivity index (χ4v) is 3.93. The van der Waals surface area contributed by atoms with Crippen molar-refractivity contribution < 1.29 is 17.6 Å². The molecule has 2 atom stereocenters. The van der Waals surface area contributed by atoms with Crippen molar-refractivity contribution in [2.24, 2.45) is 5.92 Å². The van der Waals surface area contributed by atoms with Gasteiger partial charge in [-0.3, -0.25) is 4.79 Å². The molecule has 25 heavy (non-hydrogen) atoms. The summed E-state index contributed by atoms with van der Waals surface area (Å²) in [5, 5.41) is 2.61. The molecule has 0 spiro atoms. The molecule has 1 N–H and O–H groups in total. The maximum absolute atomic E-state index is 12.7. The number of benzene rings is 1. The van der Waals surface area contributed by atoms with Crippen LogP contribution in [0.4, 0.5) is 5.69 Å². The number of furan rings is 1. The molecule has 1 saturated carbocycles. The molecule has 0 unspecified atom stereocenters. The minimum atomic E-state index is -3.63. The lowest BCUT2D eigenvalue weighted by molar-refractivity contribution is -0.114. The van der Waals surface area contributed by atoms with Crippen LogP contribution in [0.2, 0.25) is 0 Å². The van der Waals surface area contributed by atoms with E-state index in [1.54, 1.807) is 12.1 Å². The van der Waals surface area contributed by atoms with Crippen LogP contribution >= 0.6 is 0 Å². The van der Waals surface area contributed by atoms with Crippen LogP contribution in [0.25, 0.3) is 0 Å². The van der Waals surface area contributed by atoms with Crippen molar-refractivity contribution >= 4 is 21.6 Å². The normalized spacial score (nSPS) is 19.8. The Kier molecular flexibility index (Phi) is 4.71. The molecule has 1 aliphatic carbocycles. The molecule has 0 saturated heterocycles. The zero-order chi connectivity index (χ0) is 18.2. The second kappa shape index (κ2) is 6.65. The summed E-state index contributed by atoms with van der Waals surface area (Å²) in [4.78, 5) is 11.2. The van der Waals surface area contributed by atoms with Gasteiger partial charge >= 0.3 is 0 Å². The smallest absolute Gasteiger partial charge is 0.243 e. The monoisotopic (exact) mass is 362 g/mol. The van der Waals surface area contributed by atoms with Gasteiger partial charge in [0.25, 0.3) is 0 Å². The van der Waals surface area contributed by atoms with Crippen molar-refractivity contribution in [3.63, 3.8) is 0 Å². The summed E-state index contributed by atoms with van der Waals surface area (Å²) in [6.07, 6.45) is 1.13. The van der Waals surface area contributed by atoms with E-state index in [0.717, 1.165) is 12.2 Å². The molecule has 1 aromatic carbocycles. The van der Waals surface area contributed by atoms with Crippen LogP contribution < -0.4 is 5.32 Å². The second-order valence-corrected chi connectivity index (χ2v) is 8.64. The molecular weight excluding hydrogens is 340 g/mol. The van der Waals surface area contributed by atoms with E-state index in [9.17, 15) is 13.2 Å². The molecule has 2 aromatic rings. The zero-order valence-electron chi connectivity index (χ0n) is 14.5. The van der Waals surface area contributed by atoms with E-state index in [4.69, 9.17) is 4.42 Å². The predicted octanol–water partition coefficient (Wildman–Crippen LogP) is 3.18. The molecule has 0 radical (unpaired) electrons. The number of rotatable bonds is 6. The lowest BCUT2D eigenvalue weighted by Gasteiger charge is -2.16. The Labute approximate surface area is 147 Å². The highest BCUT2D eigenvalue weighted by Gasteiger charge is 2.36. The van der Waals surface area contributed by atoms with E-state index in [0.29, 0.717) is 23.3 Å². The predicted molar refractivity (Wildman–Crippen MR) is 94.6 cm³/mol. The number of anilines is 1. The van der Waals surface area contributed by atoms with Crippen LogP contribution in [0.15, 0.2) is 45.7 Å². The minimum Gasteiger partial charge on any atom is -0.464 e. The summed E-state index contributed by atoms with van der Waals surface area (Å²) < 4.78 is 32.4. The van der Waals surface area contributed by atoms with Gasteiger partial charge in [-0.25, -0.2) is 8.42 Å². The van der Waals surface area contributed by atoms with E-state index in [1.807, 2.05) is 12.1 Å². The first-order valence-corrected chi connectivity index (χ1v) is 9.64. The van der Waals surface area contributed by atoms with Crippen molar-refractivity contribution in [2.45, 2.75) is 37.6 Å². The fourth-order valence-electron chi connectivity index (χ4n) is 2.80. The minimum absolute atomic E-state index is 0.173. The van der Waals surface area contributed by atoms with Gasteiger partial charge in [0, 0.05) is 25.6 Å². The number of sulfonamides is 1. The number of carbonyl (C=O) groups excluding carboxylic acids is 1. The number of nitrogens with one attached hydrogen (secondary N) is 1. The number of carbonyl (C=O) groups is 1. The lowest BCUT2D eigenvalue weighted by atomic mass is 10.3. The van der Waals surface area contributed by atoms with Crippen molar-refractivity contribution in [3.05, 3.63) is 47.9 Å². The molecule has 0 aliphatic heterocycles. The summed E-state index contributed by atoms with van der Waals surface area (Å²) in [5.41, 5.74) is 0.559. The van der Waals surface area contributed by atoms with Gasteiger partial charge < -0.3 is 9.73 Å². The highest BCUT2D eigenvalue weighted by molar-refractivity contribution is 7.89. The average Bonchev–Trinajstić information content (AvgIpc) is 3.09. The SMILES string of the molecule is CC(=O)Nc1ccc(S(=O)(=O)N(C)Cc2ccc([C@@H]3C[C@@H]3C)o2)cc1. The summed E-state index contributed by atoms with van der Waals surface area (Å²) >= 11 is 0. The van der Waals surface area contributed by atoms with Gasteiger partial charge in [0.2, 0.25) is 15.9 Å². The zero-order valence-corrected chi connectivity index (χ0v) is 15.3. The third-order valence-corrected chi connectivity index (χ3v) is 6.24.